The second-order valence-corrected chi connectivity index (χ2v) is 7.64. The van der Waals surface area contributed by atoms with Gasteiger partial charge in [0.25, 0.3) is 9.90 Å². The average molecular weight is 540 g/mol. The van der Waals surface area contributed by atoms with Gasteiger partial charge in [-0.3, -0.25) is 20.2 Å². The van der Waals surface area contributed by atoms with Gasteiger partial charge in [0.2, 0.25) is 0 Å². The van der Waals surface area contributed by atoms with Gasteiger partial charge in [0, 0.05) is 9.85 Å². The van der Waals surface area contributed by atoms with Gasteiger partial charge in [-0.15, -0.1) is 0 Å². The van der Waals surface area contributed by atoms with Crippen LogP contribution in [0.5, 0.6) is 0 Å². The van der Waals surface area contributed by atoms with E-state index < -0.39 is 29.4 Å². The van der Waals surface area contributed by atoms with Gasteiger partial charge in [0.05, 0.1) is 0 Å². The van der Waals surface area contributed by atoms with E-state index in [1.165, 1.54) is 0 Å². The van der Waals surface area contributed by atoms with Gasteiger partial charge in [-0.25, -0.2) is 0 Å². The molecule has 0 unspecified atom stereocenters. The molecule has 1 rings (SSSR count). The second-order valence-electron chi connectivity index (χ2n) is 3.79. The Morgan fingerprint density at radius 2 is 1.20 bits per heavy atom. The molecule has 0 aliphatic carbocycles. The largest absolute Gasteiger partial charge is 0.282 e. The molecule has 0 saturated carbocycles. The van der Waals surface area contributed by atoms with Crippen molar-refractivity contribution in [2.24, 2.45) is 0 Å². The van der Waals surface area contributed by atoms with Gasteiger partial charge < -0.3 is 0 Å². The number of benzene rings is 1. The second kappa shape index (κ2) is 7.81. The maximum absolute atomic E-state index is 10.8. The van der Waals surface area contributed by atoms with E-state index in [4.69, 9.17) is 0 Å². The molecule has 1 aromatic rings. The zero-order valence-electron chi connectivity index (χ0n) is 9.66. The lowest BCUT2D eigenvalue weighted by atomic mass is 10.1. The third-order valence-electron chi connectivity index (χ3n) is 2.43. The van der Waals surface area contributed by atoms with Crippen LogP contribution in [0, 0.1) is 20.2 Å². The molecule has 6 nitrogen and oxygen atoms in total. The monoisotopic (exact) mass is 536 g/mol. The Morgan fingerprint density at radius 3 is 1.50 bits per heavy atom. The summed E-state index contributed by atoms with van der Waals surface area (Å²) in [5.41, 5.74) is 1.32. The third-order valence-corrected chi connectivity index (χ3v) is 7.64. The van der Waals surface area contributed by atoms with Crippen LogP contribution >= 0.6 is 63.7 Å². The Kier molecular flexibility index (Phi) is 7.02. The van der Waals surface area contributed by atoms with Gasteiger partial charge in [-0.05, 0) is 43.0 Å². The van der Waals surface area contributed by atoms with Crippen LogP contribution in [0.3, 0.4) is 0 Å². The van der Waals surface area contributed by atoms with Crippen molar-refractivity contribution < 1.29 is 9.85 Å². The number of hydrogen-bond donors (Lipinski definition) is 0. The average Bonchev–Trinajstić information content (AvgIpc) is 2.43. The summed E-state index contributed by atoms with van der Waals surface area (Å²) in [5.74, 6) is 0. The van der Waals surface area contributed by atoms with Gasteiger partial charge in [-0.2, -0.15) is 0 Å². The van der Waals surface area contributed by atoms with E-state index in [-0.39, 0.29) is 0 Å². The van der Waals surface area contributed by atoms with Gasteiger partial charge in [0.15, 0.2) is 0 Å². The van der Waals surface area contributed by atoms with Crippen LogP contribution in [-0.4, -0.2) is 19.7 Å². The van der Waals surface area contributed by atoms with Crippen LogP contribution in [-0.2, 0) is 0 Å². The highest BCUT2D eigenvalue weighted by Crippen LogP contribution is 2.36. The van der Waals surface area contributed by atoms with Gasteiger partial charge >= 0.3 is 0 Å². The van der Waals surface area contributed by atoms with Crippen LogP contribution in [0.4, 0.5) is 0 Å². The summed E-state index contributed by atoms with van der Waals surface area (Å²) in [6.07, 6.45) is 0. The molecule has 0 aliphatic heterocycles. The van der Waals surface area contributed by atoms with E-state index >= 15 is 0 Å². The van der Waals surface area contributed by atoms with Crippen molar-refractivity contribution in [1.82, 2.24) is 0 Å². The lowest BCUT2D eigenvalue weighted by Gasteiger charge is -2.15. The molecule has 0 aromatic heterocycles. The molecule has 0 N–H and O–H groups in total. The quantitative estimate of drug-likeness (QED) is 0.230. The highest BCUT2D eigenvalue weighted by molar-refractivity contribution is 9.12. The van der Waals surface area contributed by atoms with Crippen molar-refractivity contribution in [3.05, 3.63) is 55.6 Å². The molecule has 1 aromatic carbocycles. The van der Waals surface area contributed by atoms with Crippen molar-refractivity contribution in [3.8, 4) is 0 Å². The molecular weight excluding hydrogens is 532 g/mol. The first kappa shape index (κ1) is 18.0. The lowest BCUT2D eigenvalue weighted by Crippen LogP contribution is -2.19. The molecule has 0 fully saturated rings. The van der Waals surface area contributed by atoms with E-state index in [0.717, 1.165) is 0 Å². The minimum Gasteiger partial charge on any atom is -0.263 e. The minimum absolute atomic E-state index is 0.456. The number of hydrogen-bond acceptors (Lipinski definition) is 4. The van der Waals surface area contributed by atoms with Crippen molar-refractivity contribution in [2.45, 2.75) is 19.6 Å². The van der Waals surface area contributed by atoms with Crippen molar-refractivity contribution in [3.63, 3.8) is 0 Å². The summed E-state index contributed by atoms with van der Waals surface area (Å²) in [7, 11) is 0. The van der Waals surface area contributed by atoms with Gasteiger partial charge in [0.1, 0.15) is 9.65 Å². The van der Waals surface area contributed by atoms with E-state index in [1.807, 2.05) is 0 Å². The summed E-state index contributed by atoms with van der Waals surface area (Å²) in [6.45, 7) is 0. The van der Waals surface area contributed by atoms with E-state index in [9.17, 15) is 20.2 Å². The maximum atomic E-state index is 10.8. The van der Waals surface area contributed by atoms with Crippen LogP contribution in [0.2, 0.25) is 0 Å². The van der Waals surface area contributed by atoms with Crippen LogP contribution in [0.15, 0.2) is 24.3 Å². The molecule has 10 heteroatoms. The van der Waals surface area contributed by atoms with Crippen molar-refractivity contribution >= 4 is 63.7 Å². The van der Waals surface area contributed by atoms with Crippen LogP contribution < -0.4 is 0 Å². The molecular formula is C10H8Br4N2O4. The topological polar surface area (TPSA) is 86.3 Å². The molecule has 110 valence electrons. The summed E-state index contributed by atoms with van der Waals surface area (Å²) in [5, 5.41) is 21.5. The molecule has 0 heterocycles. The Morgan fingerprint density at radius 1 is 0.850 bits per heavy atom. The number of nitro groups is 2. The lowest BCUT2D eigenvalue weighted by molar-refractivity contribution is -0.492. The summed E-state index contributed by atoms with van der Waals surface area (Å²) >= 11 is 12.5. The Bertz CT molecular complexity index is 475. The molecule has 0 amide bonds. The number of nitrogens with zero attached hydrogens (tertiary/aromatic N) is 2. The van der Waals surface area contributed by atoms with Crippen molar-refractivity contribution in [1.29, 1.82) is 0 Å². The minimum atomic E-state index is -0.984. The summed E-state index contributed by atoms with van der Waals surface area (Å²) in [4.78, 5) is 17.5. The molecule has 20 heavy (non-hydrogen) atoms. The van der Waals surface area contributed by atoms with E-state index in [2.05, 4.69) is 63.7 Å². The molecule has 4 atom stereocenters. The summed E-state index contributed by atoms with van der Waals surface area (Å²) in [6, 6.07) is 6.83. The van der Waals surface area contributed by atoms with E-state index in [0.29, 0.717) is 11.1 Å². The zero-order valence-corrected chi connectivity index (χ0v) is 16.0. The Balaban J connectivity index is 3.01. The predicted molar refractivity (Wildman–Crippen MR) is 89.2 cm³/mol. The van der Waals surface area contributed by atoms with Crippen molar-refractivity contribution in [2.75, 3.05) is 0 Å². The number of rotatable bonds is 6. The fraction of sp³-hybridized carbons (Fsp3) is 0.400. The first-order valence-corrected chi connectivity index (χ1v) is 8.85. The number of alkyl halides is 4. The third kappa shape index (κ3) is 4.47. The first-order valence-electron chi connectivity index (χ1n) is 5.18. The highest BCUT2D eigenvalue weighted by atomic mass is 79.9. The smallest absolute Gasteiger partial charge is 0.263 e. The van der Waals surface area contributed by atoms with Crippen LogP contribution in [0.1, 0.15) is 20.8 Å². The Labute approximate surface area is 148 Å². The molecule has 0 radical (unpaired) electrons. The zero-order chi connectivity index (χ0) is 15.4. The highest BCUT2D eigenvalue weighted by Gasteiger charge is 2.30. The van der Waals surface area contributed by atoms with Gasteiger partial charge in [-0.1, -0.05) is 56.1 Å². The standard InChI is InChI=1S/C10H8Br4N2O4/c11-7(9(13)15(17)18)5-2-1-3-6(4-5)8(12)10(14)16(19)20/h1-4,7-10H/t7-,8+,9-,10-/m1/s1. The van der Waals surface area contributed by atoms with Crippen LogP contribution in [0.25, 0.3) is 0 Å². The fourth-order valence-corrected chi connectivity index (χ4v) is 3.00. The number of halogens is 4. The van der Waals surface area contributed by atoms with E-state index in [1.54, 1.807) is 24.3 Å². The first-order chi connectivity index (χ1) is 9.25. The fourth-order valence-electron chi connectivity index (χ4n) is 1.43. The molecule has 0 spiro atoms. The SMILES string of the molecule is O=[N+]([O-])[C@@H](Br)[C@H](Br)c1cccc([C@H](Br)[C@H](Br)[N+](=O)[O-])c1. The molecule has 0 aliphatic rings. The molecule has 0 saturated heterocycles. The normalized spacial score (nSPS) is 17.0. The maximum Gasteiger partial charge on any atom is 0.282 e. The summed E-state index contributed by atoms with van der Waals surface area (Å²) < 4.78 is 0. The predicted octanol–water partition coefficient (Wildman–Crippen LogP) is 4.55. The Hall–Kier alpha value is -0.0600. The molecule has 0 bridgehead atoms.